The molecule has 0 radical (unpaired) electrons. The van der Waals surface area contributed by atoms with Crippen LogP contribution in [0.2, 0.25) is 0 Å². The van der Waals surface area contributed by atoms with Crippen LogP contribution in [0.25, 0.3) is 0 Å². The van der Waals surface area contributed by atoms with Crippen molar-refractivity contribution in [3.8, 4) is 23.0 Å². The fourth-order valence-corrected chi connectivity index (χ4v) is 2.55. The largest absolute Gasteiger partial charge is 0.493 e. The van der Waals surface area contributed by atoms with Crippen LogP contribution in [0.4, 0.5) is 0 Å². The molecule has 0 aliphatic rings. The van der Waals surface area contributed by atoms with Gasteiger partial charge in [-0.2, -0.15) is 0 Å². The Hall–Kier alpha value is -3.42. The SMILES string of the molecule is COc1cc(C(=O)NCc2ccc(OCC(C)C)cc2)cc(OC)c1OCC(N)=O. The molecule has 162 valence electrons. The van der Waals surface area contributed by atoms with Crippen LogP contribution in [0.1, 0.15) is 29.8 Å². The molecule has 30 heavy (non-hydrogen) atoms. The Labute approximate surface area is 176 Å². The molecule has 0 aliphatic carbocycles. The van der Waals surface area contributed by atoms with E-state index < -0.39 is 5.91 Å². The fourth-order valence-electron chi connectivity index (χ4n) is 2.55. The highest BCUT2D eigenvalue weighted by molar-refractivity contribution is 5.95. The average molecular weight is 416 g/mol. The molecule has 0 bridgehead atoms. The van der Waals surface area contributed by atoms with Gasteiger partial charge in [-0.3, -0.25) is 9.59 Å². The third-order valence-electron chi connectivity index (χ3n) is 4.04. The standard InChI is InChI=1S/C22H28N2O6/c1-14(2)12-29-17-7-5-15(6-8-17)11-24-22(26)16-9-18(27-3)21(19(10-16)28-4)30-13-20(23)25/h5-10,14H,11-13H2,1-4H3,(H2,23,25)(H,24,26). The van der Waals surface area contributed by atoms with Gasteiger partial charge in [0.05, 0.1) is 20.8 Å². The first-order valence-corrected chi connectivity index (χ1v) is 9.51. The van der Waals surface area contributed by atoms with E-state index in [1.807, 2.05) is 24.3 Å². The molecule has 2 aromatic rings. The van der Waals surface area contributed by atoms with Crippen molar-refractivity contribution in [3.05, 3.63) is 47.5 Å². The Bertz CT molecular complexity index is 839. The van der Waals surface area contributed by atoms with E-state index in [1.165, 1.54) is 26.4 Å². The van der Waals surface area contributed by atoms with Gasteiger partial charge in [-0.25, -0.2) is 0 Å². The normalized spacial score (nSPS) is 10.4. The second kappa shape index (κ2) is 10.9. The Balaban J connectivity index is 2.06. The number of methoxy groups -OCH3 is 2. The van der Waals surface area contributed by atoms with Crippen LogP contribution in [-0.2, 0) is 11.3 Å². The van der Waals surface area contributed by atoms with Gasteiger partial charge in [0, 0.05) is 12.1 Å². The van der Waals surface area contributed by atoms with Crippen LogP contribution in [-0.4, -0.2) is 39.2 Å². The highest BCUT2D eigenvalue weighted by Gasteiger charge is 2.18. The number of hydrogen-bond donors (Lipinski definition) is 2. The lowest BCUT2D eigenvalue weighted by Gasteiger charge is -2.15. The molecule has 0 spiro atoms. The molecule has 2 rings (SSSR count). The first-order valence-electron chi connectivity index (χ1n) is 9.51. The zero-order valence-electron chi connectivity index (χ0n) is 17.7. The van der Waals surface area contributed by atoms with Gasteiger partial charge in [0.25, 0.3) is 11.8 Å². The van der Waals surface area contributed by atoms with Gasteiger partial charge >= 0.3 is 0 Å². The molecular formula is C22H28N2O6. The second-order valence-electron chi connectivity index (χ2n) is 7.00. The summed E-state index contributed by atoms with van der Waals surface area (Å²) < 4.78 is 21.6. The van der Waals surface area contributed by atoms with Crippen molar-refractivity contribution in [2.24, 2.45) is 11.7 Å². The van der Waals surface area contributed by atoms with E-state index in [4.69, 9.17) is 24.7 Å². The van der Waals surface area contributed by atoms with E-state index in [0.717, 1.165) is 11.3 Å². The summed E-state index contributed by atoms with van der Waals surface area (Å²) in [5, 5.41) is 2.85. The third kappa shape index (κ3) is 6.58. The summed E-state index contributed by atoms with van der Waals surface area (Å²) in [5.74, 6) is 1.01. The maximum absolute atomic E-state index is 12.6. The molecule has 2 amide bonds. The predicted molar refractivity (Wildman–Crippen MR) is 112 cm³/mol. The number of hydrogen-bond acceptors (Lipinski definition) is 6. The minimum absolute atomic E-state index is 0.201. The third-order valence-corrected chi connectivity index (χ3v) is 4.04. The maximum Gasteiger partial charge on any atom is 0.255 e. The van der Waals surface area contributed by atoms with E-state index in [1.54, 1.807) is 0 Å². The number of nitrogens with one attached hydrogen (secondary N) is 1. The average Bonchev–Trinajstić information content (AvgIpc) is 2.74. The van der Waals surface area contributed by atoms with Crippen molar-refractivity contribution in [3.63, 3.8) is 0 Å². The molecule has 0 atom stereocenters. The first-order chi connectivity index (χ1) is 14.3. The van der Waals surface area contributed by atoms with E-state index in [2.05, 4.69) is 19.2 Å². The quantitative estimate of drug-likeness (QED) is 0.583. The molecule has 0 unspecified atom stereocenters. The number of nitrogens with two attached hydrogens (primary N) is 1. The zero-order valence-corrected chi connectivity index (χ0v) is 17.7. The molecule has 2 aromatic carbocycles. The Morgan fingerprint density at radius 1 is 1.00 bits per heavy atom. The lowest BCUT2D eigenvalue weighted by atomic mass is 10.1. The number of rotatable bonds is 11. The van der Waals surface area contributed by atoms with E-state index in [9.17, 15) is 9.59 Å². The highest BCUT2D eigenvalue weighted by atomic mass is 16.5. The van der Waals surface area contributed by atoms with Crippen molar-refractivity contribution in [1.29, 1.82) is 0 Å². The number of carbonyl (C=O) groups is 2. The van der Waals surface area contributed by atoms with Gasteiger partial charge in [-0.05, 0) is 35.7 Å². The number of amides is 2. The van der Waals surface area contributed by atoms with E-state index in [-0.39, 0.29) is 29.8 Å². The Morgan fingerprint density at radius 3 is 2.10 bits per heavy atom. The summed E-state index contributed by atoms with van der Waals surface area (Å²) in [7, 11) is 2.85. The van der Waals surface area contributed by atoms with Gasteiger partial charge in [0.15, 0.2) is 18.1 Å². The van der Waals surface area contributed by atoms with Crippen LogP contribution in [0.3, 0.4) is 0 Å². The maximum atomic E-state index is 12.6. The highest BCUT2D eigenvalue weighted by Crippen LogP contribution is 2.38. The van der Waals surface area contributed by atoms with Crippen molar-refractivity contribution in [2.75, 3.05) is 27.4 Å². The molecule has 0 heterocycles. The summed E-state index contributed by atoms with van der Waals surface area (Å²) in [4.78, 5) is 23.6. The van der Waals surface area contributed by atoms with E-state index >= 15 is 0 Å². The Morgan fingerprint density at radius 2 is 1.60 bits per heavy atom. The van der Waals surface area contributed by atoms with Gasteiger partial charge in [0.1, 0.15) is 5.75 Å². The molecule has 0 saturated heterocycles. The molecule has 0 aromatic heterocycles. The van der Waals surface area contributed by atoms with Gasteiger partial charge in [-0.1, -0.05) is 26.0 Å². The smallest absolute Gasteiger partial charge is 0.255 e. The first kappa shape index (κ1) is 22.9. The number of primary amides is 1. The lowest BCUT2D eigenvalue weighted by molar-refractivity contribution is -0.120. The van der Waals surface area contributed by atoms with Crippen LogP contribution in [0.5, 0.6) is 23.0 Å². The molecule has 8 nitrogen and oxygen atoms in total. The Kier molecular flexibility index (Phi) is 8.34. The van der Waals surface area contributed by atoms with Gasteiger partial charge < -0.3 is 30.0 Å². The van der Waals surface area contributed by atoms with Crippen molar-refractivity contribution in [2.45, 2.75) is 20.4 Å². The number of benzene rings is 2. The molecule has 0 saturated carbocycles. The summed E-state index contributed by atoms with van der Waals surface area (Å²) in [6.45, 7) is 4.83. The van der Waals surface area contributed by atoms with Gasteiger partial charge in [-0.15, -0.1) is 0 Å². The van der Waals surface area contributed by atoms with Crippen molar-refractivity contribution in [1.82, 2.24) is 5.32 Å². The van der Waals surface area contributed by atoms with Crippen LogP contribution in [0, 0.1) is 5.92 Å². The van der Waals surface area contributed by atoms with Crippen LogP contribution >= 0.6 is 0 Å². The van der Waals surface area contributed by atoms with Crippen molar-refractivity contribution < 1.29 is 28.5 Å². The number of carbonyl (C=O) groups excluding carboxylic acids is 2. The molecular weight excluding hydrogens is 388 g/mol. The molecule has 3 N–H and O–H groups in total. The fraction of sp³-hybridized carbons (Fsp3) is 0.364. The summed E-state index contributed by atoms with van der Waals surface area (Å²) in [6, 6.07) is 10.6. The number of ether oxygens (including phenoxy) is 4. The summed E-state index contributed by atoms with van der Waals surface area (Å²) in [5.41, 5.74) is 6.38. The minimum atomic E-state index is -0.637. The van der Waals surface area contributed by atoms with Crippen LogP contribution in [0.15, 0.2) is 36.4 Å². The molecule has 8 heteroatoms. The molecule has 0 aliphatic heterocycles. The van der Waals surface area contributed by atoms with Crippen LogP contribution < -0.4 is 30.0 Å². The second-order valence-corrected chi connectivity index (χ2v) is 7.00. The van der Waals surface area contributed by atoms with Gasteiger partial charge in [0.2, 0.25) is 5.75 Å². The van der Waals surface area contributed by atoms with E-state index in [0.29, 0.717) is 24.6 Å². The predicted octanol–water partition coefficient (Wildman–Crippen LogP) is 2.53. The summed E-state index contributed by atoms with van der Waals surface area (Å²) >= 11 is 0. The zero-order chi connectivity index (χ0) is 22.1. The topological polar surface area (TPSA) is 109 Å². The summed E-state index contributed by atoms with van der Waals surface area (Å²) in [6.07, 6.45) is 0. The molecule has 0 fully saturated rings. The van der Waals surface area contributed by atoms with Crippen molar-refractivity contribution >= 4 is 11.8 Å². The lowest BCUT2D eigenvalue weighted by Crippen LogP contribution is -2.23. The minimum Gasteiger partial charge on any atom is -0.493 e. The monoisotopic (exact) mass is 416 g/mol.